The van der Waals surface area contributed by atoms with E-state index in [0.29, 0.717) is 25.3 Å². The van der Waals surface area contributed by atoms with E-state index >= 15 is 0 Å². The van der Waals surface area contributed by atoms with Gasteiger partial charge in [-0.1, -0.05) is 19.1 Å². The van der Waals surface area contributed by atoms with Gasteiger partial charge in [-0.05, 0) is 41.8 Å². The fourth-order valence-electron chi connectivity index (χ4n) is 3.27. The van der Waals surface area contributed by atoms with Crippen LogP contribution in [0.3, 0.4) is 0 Å². The third kappa shape index (κ3) is 3.51. The zero-order valence-electron chi connectivity index (χ0n) is 14.9. The second-order valence-electron chi connectivity index (χ2n) is 6.25. The van der Waals surface area contributed by atoms with E-state index in [1.165, 1.54) is 0 Å². The quantitative estimate of drug-likeness (QED) is 0.835. The summed E-state index contributed by atoms with van der Waals surface area (Å²) in [4.78, 5) is 2.21. The van der Waals surface area contributed by atoms with Gasteiger partial charge in [0.15, 0.2) is 0 Å². The van der Waals surface area contributed by atoms with Crippen LogP contribution in [0.4, 0.5) is 5.69 Å². The Labute approximate surface area is 153 Å². The standard InChI is InChI=1S/C21H23N3O2/c1-2-10-24-14-20(15-3-6-17(7-4-15)26-11-9-22)19(13-23)18-8-5-16(25)12-21(18)24/h3-8,12,25H,2,9-11,14,22H2,1H3. The third-order valence-electron chi connectivity index (χ3n) is 4.44. The average molecular weight is 349 g/mol. The number of rotatable bonds is 6. The zero-order valence-corrected chi connectivity index (χ0v) is 14.9. The number of phenols is 1. The topological polar surface area (TPSA) is 82.5 Å². The van der Waals surface area contributed by atoms with Crippen molar-refractivity contribution in [3.63, 3.8) is 0 Å². The van der Waals surface area contributed by atoms with Gasteiger partial charge >= 0.3 is 0 Å². The number of anilines is 1. The van der Waals surface area contributed by atoms with Gasteiger partial charge in [-0.15, -0.1) is 0 Å². The molecule has 0 spiro atoms. The minimum atomic E-state index is 0.215. The van der Waals surface area contributed by atoms with Crippen molar-refractivity contribution in [3.8, 4) is 17.6 Å². The number of ether oxygens (including phenoxy) is 1. The number of nitriles is 1. The predicted octanol–water partition coefficient (Wildman–Crippen LogP) is 3.39. The van der Waals surface area contributed by atoms with Crippen molar-refractivity contribution >= 4 is 16.8 Å². The van der Waals surface area contributed by atoms with Gasteiger partial charge in [-0.2, -0.15) is 5.26 Å². The highest BCUT2D eigenvalue weighted by atomic mass is 16.5. The Morgan fingerprint density at radius 1 is 1.23 bits per heavy atom. The minimum Gasteiger partial charge on any atom is -0.508 e. The van der Waals surface area contributed by atoms with Crippen LogP contribution in [-0.4, -0.2) is 31.3 Å². The molecule has 5 heteroatoms. The normalized spacial score (nSPS) is 13.3. The molecule has 3 N–H and O–H groups in total. The summed E-state index contributed by atoms with van der Waals surface area (Å²) >= 11 is 0. The highest BCUT2D eigenvalue weighted by molar-refractivity contribution is 6.04. The lowest BCUT2D eigenvalue weighted by Crippen LogP contribution is -2.30. The highest BCUT2D eigenvalue weighted by Gasteiger charge is 2.25. The average Bonchev–Trinajstić information content (AvgIpc) is 2.67. The number of nitrogens with two attached hydrogens (primary N) is 1. The monoisotopic (exact) mass is 349 g/mol. The van der Waals surface area contributed by atoms with Crippen LogP contribution in [0.5, 0.6) is 11.5 Å². The van der Waals surface area contributed by atoms with Crippen molar-refractivity contribution < 1.29 is 9.84 Å². The number of benzene rings is 2. The highest BCUT2D eigenvalue weighted by Crippen LogP contribution is 2.40. The Balaban J connectivity index is 2.04. The van der Waals surface area contributed by atoms with E-state index in [0.717, 1.165) is 41.1 Å². The van der Waals surface area contributed by atoms with Crippen molar-refractivity contribution in [2.75, 3.05) is 31.1 Å². The van der Waals surface area contributed by atoms with Gasteiger partial charge in [0.1, 0.15) is 24.2 Å². The van der Waals surface area contributed by atoms with Crippen LogP contribution < -0.4 is 15.4 Å². The van der Waals surface area contributed by atoms with Crippen LogP contribution in [0.15, 0.2) is 42.5 Å². The summed E-state index contributed by atoms with van der Waals surface area (Å²) in [5.41, 5.74) is 9.89. The SMILES string of the molecule is CCCN1CC(c2ccc(OCCN)cc2)=C(C#N)c2ccc(O)cc21. The summed E-state index contributed by atoms with van der Waals surface area (Å²) < 4.78 is 5.54. The van der Waals surface area contributed by atoms with Crippen LogP contribution in [0, 0.1) is 11.3 Å². The fourth-order valence-corrected chi connectivity index (χ4v) is 3.27. The molecular formula is C21H23N3O2. The molecule has 0 saturated carbocycles. The van der Waals surface area contributed by atoms with E-state index in [9.17, 15) is 10.4 Å². The molecule has 26 heavy (non-hydrogen) atoms. The van der Waals surface area contributed by atoms with Gasteiger partial charge in [-0.3, -0.25) is 0 Å². The molecule has 5 nitrogen and oxygen atoms in total. The molecule has 2 aromatic rings. The lowest BCUT2D eigenvalue weighted by Gasteiger charge is -2.33. The molecule has 0 aromatic heterocycles. The summed E-state index contributed by atoms with van der Waals surface area (Å²) in [5.74, 6) is 0.983. The van der Waals surface area contributed by atoms with Crippen LogP contribution in [0.2, 0.25) is 0 Å². The van der Waals surface area contributed by atoms with Gasteiger partial charge < -0.3 is 20.5 Å². The summed E-state index contributed by atoms with van der Waals surface area (Å²) in [6, 6.07) is 15.3. The van der Waals surface area contributed by atoms with Gasteiger partial charge in [0.25, 0.3) is 0 Å². The van der Waals surface area contributed by atoms with E-state index in [4.69, 9.17) is 10.5 Å². The molecule has 0 saturated heterocycles. The molecule has 1 aliphatic rings. The minimum absolute atomic E-state index is 0.215. The maximum Gasteiger partial charge on any atom is 0.119 e. The second kappa shape index (κ2) is 7.94. The second-order valence-corrected chi connectivity index (χ2v) is 6.25. The molecule has 0 fully saturated rings. The molecule has 1 heterocycles. The van der Waals surface area contributed by atoms with E-state index in [1.807, 2.05) is 30.3 Å². The number of nitrogens with zero attached hydrogens (tertiary/aromatic N) is 2. The number of phenolic OH excluding ortho intramolecular Hbond substituents is 1. The van der Waals surface area contributed by atoms with Crippen molar-refractivity contribution in [3.05, 3.63) is 53.6 Å². The van der Waals surface area contributed by atoms with Crippen molar-refractivity contribution in [1.29, 1.82) is 5.26 Å². The number of hydrogen-bond donors (Lipinski definition) is 2. The van der Waals surface area contributed by atoms with Crippen molar-refractivity contribution in [2.45, 2.75) is 13.3 Å². The molecule has 0 radical (unpaired) electrons. The lowest BCUT2D eigenvalue weighted by atomic mass is 9.90. The predicted molar refractivity (Wildman–Crippen MR) is 104 cm³/mol. The summed E-state index contributed by atoms with van der Waals surface area (Å²) in [7, 11) is 0. The Kier molecular flexibility index (Phi) is 5.45. The molecule has 0 unspecified atom stereocenters. The van der Waals surface area contributed by atoms with E-state index in [2.05, 4.69) is 17.9 Å². The van der Waals surface area contributed by atoms with E-state index in [-0.39, 0.29) is 5.75 Å². The molecular weight excluding hydrogens is 326 g/mol. The van der Waals surface area contributed by atoms with Gasteiger partial charge in [0.2, 0.25) is 0 Å². The van der Waals surface area contributed by atoms with Gasteiger partial charge in [0, 0.05) is 37.0 Å². The van der Waals surface area contributed by atoms with Crippen molar-refractivity contribution in [2.24, 2.45) is 5.73 Å². The molecule has 0 aliphatic carbocycles. The molecule has 0 bridgehead atoms. The third-order valence-corrected chi connectivity index (χ3v) is 4.44. The molecule has 0 atom stereocenters. The van der Waals surface area contributed by atoms with Crippen LogP contribution in [0.1, 0.15) is 24.5 Å². The number of fused-ring (bicyclic) bond motifs is 1. The summed E-state index contributed by atoms with van der Waals surface area (Å²) in [5, 5.41) is 19.7. The Hall–Kier alpha value is -2.97. The first-order chi connectivity index (χ1) is 12.7. The molecule has 3 rings (SSSR count). The summed E-state index contributed by atoms with van der Waals surface area (Å²) in [6.45, 7) is 4.56. The number of aromatic hydroxyl groups is 1. The number of hydrogen-bond acceptors (Lipinski definition) is 5. The largest absolute Gasteiger partial charge is 0.508 e. The Bertz CT molecular complexity index is 851. The van der Waals surface area contributed by atoms with Gasteiger partial charge in [-0.25, -0.2) is 0 Å². The summed E-state index contributed by atoms with van der Waals surface area (Å²) in [6.07, 6.45) is 0.982. The van der Waals surface area contributed by atoms with Crippen molar-refractivity contribution in [1.82, 2.24) is 0 Å². The van der Waals surface area contributed by atoms with Gasteiger partial charge in [0.05, 0.1) is 5.57 Å². The Morgan fingerprint density at radius 2 is 2.00 bits per heavy atom. The van der Waals surface area contributed by atoms with Crippen LogP contribution in [-0.2, 0) is 0 Å². The maximum atomic E-state index is 9.87. The van der Waals surface area contributed by atoms with E-state index < -0.39 is 0 Å². The fraction of sp³-hybridized carbons (Fsp3) is 0.286. The first-order valence-electron chi connectivity index (χ1n) is 8.82. The molecule has 2 aromatic carbocycles. The lowest BCUT2D eigenvalue weighted by molar-refractivity contribution is 0.328. The van der Waals surface area contributed by atoms with Crippen LogP contribution >= 0.6 is 0 Å². The van der Waals surface area contributed by atoms with E-state index in [1.54, 1.807) is 12.1 Å². The van der Waals surface area contributed by atoms with Crippen LogP contribution in [0.25, 0.3) is 11.1 Å². The Morgan fingerprint density at radius 3 is 2.65 bits per heavy atom. The first kappa shape index (κ1) is 17.8. The number of allylic oxidation sites excluding steroid dienone is 1. The first-order valence-corrected chi connectivity index (χ1v) is 8.82. The maximum absolute atomic E-state index is 9.87. The smallest absolute Gasteiger partial charge is 0.119 e. The molecule has 134 valence electrons. The zero-order chi connectivity index (χ0) is 18.5. The molecule has 1 aliphatic heterocycles. The molecule has 0 amide bonds.